The lowest BCUT2D eigenvalue weighted by Crippen LogP contribution is -1.97. The zero-order chi connectivity index (χ0) is 45.5. The van der Waals surface area contributed by atoms with Crippen LogP contribution in [0.25, 0.3) is 43.8 Å². The van der Waals surface area contributed by atoms with Crippen molar-refractivity contribution in [2.75, 3.05) is 10.6 Å². The van der Waals surface area contributed by atoms with Gasteiger partial charge in [0.1, 0.15) is 29.8 Å². The van der Waals surface area contributed by atoms with Crippen molar-refractivity contribution in [3.05, 3.63) is 186 Å². The third-order valence-electron chi connectivity index (χ3n) is 9.45. The van der Waals surface area contributed by atoms with Crippen molar-refractivity contribution >= 4 is 122 Å². The molecule has 64 heavy (non-hydrogen) atoms. The molecule has 0 atom stereocenters. The predicted octanol–water partition coefficient (Wildman–Crippen LogP) is 14.9. The molecule has 0 amide bonds. The summed E-state index contributed by atoms with van der Waals surface area (Å²) >= 11 is 24.5. The van der Waals surface area contributed by atoms with Crippen molar-refractivity contribution in [1.29, 1.82) is 15.8 Å². The average Bonchev–Trinajstić information content (AvgIpc) is 3.30. The van der Waals surface area contributed by atoms with Gasteiger partial charge in [-0.2, -0.15) is 15.8 Å². The maximum atomic E-state index is 13.5. The molecule has 4 aromatic heterocycles. The highest BCUT2D eigenvalue weighted by molar-refractivity contribution is 9.10. The second kappa shape index (κ2) is 20.2. The normalized spacial score (nSPS) is 10.5. The molecule has 0 spiro atoms. The number of hydrogen-bond acceptors (Lipinski definition) is 9. The number of anilines is 4. The van der Waals surface area contributed by atoms with Gasteiger partial charge in [0.25, 0.3) is 0 Å². The lowest BCUT2D eigenvalue weighted by molar-refractivity contribution is 0.628. The Labute approximate surface area is 396 Å². The Morgan fingerprint density at radius 1 is 0.500 bits per heavy atom. The van der Waals surface area contributed by atoms with E-state index in [1.54, 1.807) is 12.1 Å². The molecule has 4 heterocycles. The van der Waals surface area contributed by atoms with Gasteiger partial charge in [-0.25, -0.2) is 8.78 Å². The molecule has 0 aliphatic carbocycles. The number of nitrogens with zero attached hydrogens (tertiary/aromatic N) is 7. The third kappa shape index (κ3) is 10.4. The molecule has 0 fully saturated rings. The lowest BCUT2D eigenvalue weighted by atomic mass is 10.0. The van der Waals surface area contributed by atoms with Gasteiger partial charge in [-0.15, -0.1) is 0 Å². The smallest absolute Gasteiger partial charge is 0.141 e. The number of hydrogen-bond donors (Lipinski definition) is 2. The van der Waals surface area contributed by atoms with Gasteiger partial charge in [-0.1, -0.05) is 78.8 Å². The highest BCUT2D eigenvalue weighted by Crippen LogP contribution is 2.35. The number of pyridine rings is 4. The van der Waals surface area contributed by atoms with Gasteiger partial charge in [-0.3, -0.25) is 19.9 Å². The summed E-state index contributed by atoms with van der Waals surface area (Å²) in [4.78, 5) is 17.1. The van der Waals surface area contributed by atoms with Gasteiger partial charge in [0.2, 0.25) is 0 Å². The van der Waals surface area contributed by atoms with Crippen LogP contribution in [0.2, 0.25) is 15.1 Å². The molecule has 0 aliphatic heterocycles. The molecule has 0 saturated carbocycles. The summed E-state index contributed by atoms with van der Waals surface area (Å²) in [7, 11) is 0. The summed E-state index contributed by atoms with van der Waals surface area (Å²) in [5.74, 6) is -0.989. The predicted molar refractivity (Wildman–Crippen MR) is 257 cm³/mol. The van der Waals surface area contributed by atoms with Crippen molar-refractivity contribution in [2.45, 2.75) is 6.92 Å². The monoisotopic (exact) mass is 1030 g/mol. The van der Waals surface area contributed by atoms with E-state index in [4.69, 9.17) is 40.1 Å². The van der Waals surface area contributed by atoms with E-state index in [2.05, 4.69) is 74.6 Å². The quantitative estimate of drug-likeness (QED) is 0.172. The summed E-state index contributed by atoms with van der Waals surface area (Å²) < 4.78 is 28.5. The van der Waals surface area contributed by atoms with E-state index in [1.165, 1.54) is 42.9 Å². The number of nitrogens with one attached hydrogen (secondary N) is 2. The fourth-order valence-electron chi connectivity index (χ4n) is 6.26. The van der Waals surface area contributed by atoms with E-state index in [0.29, 0.717) is 44.5 Å². The van der Waals surface area contributed by atoms with E-state index in [0.717, 1.165) is 58.5 Å². The molecule has 9 rings (SSSR count). The Kier molecular flexibility index (Phi) is 14.3. The van der Waals surface area contributed by atoms with Gasteiger partial charge in [0.15, 0.2) is 0 Å². The summed E-state index contributed by atoms with van der Waals surface area (Å²) in [6, 6.07) is 35.9. The minimum atomic E-state index is -0.499. The molecule has 9 aromatic rings. The largest absolute Gasteiger partial charge is 0.354 e. The molecule has 0 saturated heterocycles. The first-order valence-corrected chi connectivity index (χ1v) is 21.4. The first-order valence-electron chi connectivity index (χ1n) is 18.7. The summed E-state index contributed by atoms with van der Waals surface area (Å²) in [6.07, 6.45) is 6.32. The molecule has 5 aromatic carbocycles. The van der Waals surface area contributed by atoms with Crippen molar-refractivity contribution in [1.82, 2.24) is 19.9 Å². The van der Waals surface area contributed by atoms with Crippen LogP contribution in [0, 0.1) is 52.6 Å². The third-order valence-corrected chi connectivity index (χ3v) is 11.4. The van der Waals surface area contributed by atoms with Gasteiger partial charge in [0, 0.05) is 72.5 Å². The van der Waals surface area contributed by atoms with Gasteiger partial charge in [-0.05, 0) is 103 Å². The molecular formula is C48H26Br2Cl3F2N9. The number of aromatic nitrogens is 4. The minimum absolute atomic E-state index is 0.00767. The number of rotatable bonds is 5. The topological polar surface area (TPSA) is 147 Å². The van der Waals surface area contributed by atoms with Crippen LogP contribution in [0.5, 0.6) is 0 Å². The Balaban J connectivity index is 0.000000152. The molecule has 0 radical (unpaired) electrons. The molecule has 0 bridgehead atoms. The first kappa shape index (κ1) is 45.3. The number of aryl methyl sites for hydroxylation is 1. The Morgan fingerprint density at radius 2 is 0.953 bits per heavy atom. The van der Waals surface area contributed by atoms with E-state index in [9.17, 15) is 19.3 Å². The van der Waals surface area contributed by atoms with Crippen LogP contribution in [-0.2, 0) is 0 Å². The fourth-order valence-corrected chi connectivity index (χ4v) is 7.59. The Bertz CT molecular complexity index is 3390. The second-order valence-electron chi connectivity index (χ2n) is 13.7. The van der Waals surface area contributed by atoms with Crippen molar-refractivity contribution in [3.8, 4) is 29.3 Å². The molecule has 312 valence electrons. The second-order valence-corrected chi connectivity index (χ2v) is 16.7. The summed E-state index contributed by atoms with van der Waals surface area (Å²) in [5, 5.41) is 36.8. The van der Waals surface area contributed by atoms with Crippen LogP contribution < -0.4 is 10.6 Å². The summed E-state index contributed by atoms with van der Waals surface area (Å²) in [5.41, 5.74) is 8.68. The van der Waals surface area contributed by atoms with Crippen LogP contribution in [0.15, 0.2) is 137 Å². The van der Waals surface area contributed by atoms with Gasteiger partial charge >= 0.3 is 0 Å². The molecule has 9 nitrogen and oxygen atoms in total. The minimum Gasteiger partial charge on any atom is -0.354 e. The van der Waals surface area contributed by atoms with Crippen molar-refractivity contribution < 1.29 is 8.78 Å². The van der Waals surface area contributed by atoms with E-state index in [1.807, 2.05) is 85.9 Å². The van der Waals surface area contributed by atoms with Crippen molar-refractivity contribution in [3.63, 3.8) is 0 Å². The number of benzene rings is 5. The van der Waals surface area contributed by atoms with Gasteiger partial charge in [0.05, 0.1) is 59.7 Å². The SMILES string of the molecule is Cc1ccc(-c2ccc3ncc(C#N)c(Nc4ccc(F)c(Cl)c4)c3c2)cn1.N#Cc1cnc2ccc(Br)cc2c1Cl.N#Cc1cnc2ccc(Br)cc2c1Nc1ccc(F)c(Cl)c1. The summed E-state index contributed by atoms with van der Waals surface area (Å²) in [6.45, 7) is 1.93. The molecule has 2 N–H and O–H groups in total. The Hall–Kier alpha value is -6.76. The fraction of sp³-hybridized carbons (Fsp3) is 0.0208. The molecule has 16 heteroatoms. The van der Waals surface area contributed by atoms with Gasteiger partial charge < -0.3 is 10.6 Å². The standard InChI is InChI=1S/C22H14ClFN4.C16H8BrClFN3.C10H4BrClN2/c1-13-2-3-15(11-26-13)14-4-7-21-18(8-14)22(16(10-25)12-27-21)28-17-5-6-20(24)19(23)9-17;17-10-1-4-15-12(5-10)16(9(7-20)8-21-15)22-11-2-3-14(19)13(18)6-11;11-7-1-2-9-8(3-7)10(12)6(4-13)5-14-9/h2-9,11-12H,1H3,(H,27,28);1-6,8H,(H,21,22);1-3,5H. The maximum absolute atomic E-state index is 13.5. The highest BCUT2D eigenvalue weighted by Gasteiger charge is 2.14. The Morgan fingerprint density at radius 3 is 1.44 bits per heavy atom. The molecule has 0 unspecified atom stereocenters. The van der Waals surface area contributed by atoms with Crippen LogP contribution in [0.1, 0.15) is 22.4 Å². The van der Waals surface area contributed by atoms with Crippen LogP contribution >= 0.6 is 66.7 Å². The highest BCUT2D eigenvalue weighted by atomic mass is 79.9. The zero-order valence-electron chi connectivity index (χ0n) is 32.9. The molecular weight excluding hydrogens is 1010 g/mol. The maximum Gasteiger partial charge on any atom is 0.141 e. The van der Waals surface area contributed by atoms with Crippen LogP contribution in [0.4, 0.5) is 31.5 Å². The van der Waals surface area contributed by atoms with E-state index in [-0.39, 0.29) is 10.0 Å². The van der Waals surface area contributed by atoms with Crippen molar-refractivity contribution in [2.24, 2.45) is 0 Å². The van der Waals surface area contributed by atoms with Crippen LogP contribution in [-0.4, -0.2) is 19.9 Å². The first-order chi connectivity index (χ1) is 30.8. The average molecular weight is 1030 g/mol. The van der Waals surface area contributed by atoms with Crippen LogP contribution in [0.3, 0.4) is 0 Å². The number of nitriles is 3. The number of fused-ring (bicyclic) bond motifs is 3. The lowest BCUT2D eigenvalue weighted by Gasteiger charge is -2.13. The number of halogens is 7. The molecule has 0 aliphatic rings. The van der Waals surface area contributed by atoms with E-state index >= 15 is 0 Å². The zero-order valence-corrected chi connectivity index (χ0v) is 38.3. The van der Waals surface area contributed by atoms with E-state index < -0.39 is 11.6 Å².